The molecule has 0 amide bonds. The van der Waals surface area contributed by atoms with E-state index < -0.39 is 23.5 Å². The Hall–Kier alpha value is -3.56. The van der Waals surface area contributed by atoms with Gasteiger partial charge in [-0.2, -0.15) is 0 Å². The molecule has 5 N–H and O–H groups in total. The van der Waals surface area contributed by atoms with Gasteiger partial charge in [0, 0.05) is 30.9 Å². The second-order valence-corrected chi connectivity index (χ2v) is 8.99. The lowest BCUT2D eigenvalue weighted by Gasteiger charge is -2.47. The van der Waals surface area contributed by atoms with Crippen LogP contribution in [0.4, 0.5) is 20.3 Å². The van der Waals surface area contributed by atoms with Crippen molar-refractivity contribution in [2.24, 2.45) is 24.8 Å². The van der Waals surface area contributed by atoms with E-state index in [0.717, 1.165) is 31.7 Å². The molecule has 3 aliphatic carbocycles. The quantitative estimate of drug-likeness (QED) is 0.345. The first-order valence-electron chi connectivity index (χ1n) is 10.9. The Morgan fingerprint density at radius 2 is 1.91 bits per heavy atom. The van der Waals surface area contributed by atoms with Crippen LogP contribution in [0.1, 0.15) is 37.1 Å². The largest absolute Gasteiger partial charge is 0.481 e. The van der Waals surface area contributed by atoms with E-state index in [0.29, 0.717) is 22.9 Å². The van der Waals surface area contributed by atoms with Crippen molar-refractivity contribution in [3.8, 4) is 0 Å². The van der Waals surface area contributed by atoms with Crippen molar-refractivity contribution < 1.29 is 18.7 Å². The molecule has 172 valence electrons. The number of carboxylic acids is 1. The Morgan fingerprint density at radius 3 is 2.61 bits per heavy atom. The van der Waals surface area contributed by atoms with Crippen molar-refractivity contribution in [1.82, 2.24) is 14.5 Å². The van der Waals surface area contributed by atoms with E-state index in [1.807, 2.05) is 6.07 Å². The topological polar surface area (TPSA) is 130 Å². The minimum atomic E-state index is -0.962. The average Bonchev–Trinajstić information content (AvgIpc) is 3.17. The lowest BCUT2D eigenvalue weighted by Crippen LogP contribution is -2.51. The molecular formula is C23H24F2N6O2. The lowest BCUT2D eigenvalue weighted by atomic mass is 9.61. The molecule has 3 fully saturated rings. The van der Waals surface area contributed by atoms with Gasteiger partial charge >= 0.3 is 5.97 Å². The number of aliphatic carboxylic acids is 1. The number of carbonyl (C=O) groups is 1. The number of nitrogens with two attached hydrogens (primary N) is 1. The molecule has 1 aromatic carbocycles. The molecule has 0 aliphatic heterocycles. The molecule has 3 aliphatic rings. The third-order valence-corrected chi connectivity index (χ3v) is 7.12. The lowest BCUT2D eigenvalue weighted by molar-refractivity contribution is -0.148. The summed E-state index contributed by atoms with van der Waals surface area (Å²) in [6.45, 7) is 0. The monoisotopic (exact) mass is 454 g/mol. The van der Waals surface area contributed by atoms with Crippen LogP contribution in [0.15, 0.2) is 24.4 Å². The molecule has 0 saturated heterocycles. The third kappa shape index (κ3) is 3.49. The molecular weight excluding hydrogens is 430 g/mol. The van der Waals surface area contributed by atoms with Gasteiger partial charge in [-0.15, -0.1) is 0 Å². The minimum Gasteiger partial charge on any atom is -0.481 e. The number of carboxylic acid groups (broad SMARTS) is 1. The van der Waals surface area contributed by atoms with Gasteiger partial charge in [0.1, 0.15) is 28.8 Å². The molecule has 0 radical (unpaired) electrons. The van der Waals surface area contributed by atoms with Crippen LogP contribution in [0.2, 0.25) is 0 Å². The molecule has 10 heteroatoms. The Bertz CT molecular complexity index is 1280. The molecule has 6 rings (SSSR count). The van der Waals surface area contributed by atoms with Gasteiger partial charge in [-0.25, -0.2) is 18.7 Å². The minimum absolute atomic E-state index is 0.0589. The van der Waals surface area contributed by atoms with Crippen LogP contribution in [0.3, 0.4) is 0 Å². The van der Waals surface area contributed by atoms with Gasteiger partial charge in [-0.1, -0.05) is 0 Å². The number of aryl methyl sites for hydroxylation is 1. The van der Waals surface area contributed by atoms with Crippen molar-refractivity contribution in [3.05, 3.63) is 47.4 Å². The smallest absolute Gasteiger partial charge is 0.308 e. The highest BCUT2D eigenvalue weighted by molar-refractivity contribution is 6.12. The highest BCUT2D eigenvalue weighted by atomic mass is 19.1. The molecule has 8 nitrogen and oxygen atoms in total. The number of rotatable bonds is 5. The van der Waals surface area contributed by atoms with E-state index in [1.54, 1.807) is 17.8 Å². The number of nitrogens with zero attached hydrogens (tertiary/aromatic N) is 3. The standard InChI is InChI=1S/C23H24F2N6O2/c1-31-7-6-13-20(28-19-11-4-2-10(3-5-11)16(19)23(32)33)29-21(30-22(13)31)18(27)14-8-12(24)9-15(25)17(14)26/h6-11,16,19,27H,2-5,26H2,1H3,(H,32,33)(H,28,29,30). The summed E-state index contributed by atoms with van der Waals surface area (Å²) in [7, 11) is 1.78. The number of fused-ring (bicyclic) bond motifs is 4. The van der Waals surface area contributed by atoms with Crippen LogP contribution in [-0.2, 0) is 11.8 Å². The Morgan fingerprint density at radius 1 is 1.21 bits per heavy atom. The maximum Gasteiger partial charge on any atom is 0.308 e. The summed E-state index contributed by atoms with van der Waals surface area (Å²) in [5.41, 5.74) is 5.45. The number of hydrogen-bond donors (Lipinski definition) is 4. The summed E-state index contributed by atoms with van der Waals surface area (Å²) < 4.78 is 29.6. The number of nitrogen functional groups attached to an aromatic ring is 1. The SMILES string of the molecule is Cn1ccc2c(NC3C4CCC(CC4)C3C(=O)O)nc(C(=N)c3cc(F)cc(F)c3N)nc21. The van der Waals surface area contributed by atoms with Crippen molar-refractivity contribution in [1.29, 1.82) is 5.41 Å². The maximum absolute atomic E-state index is 14.0. The molecule has 2 atom stereocenters. The van der Waals surface area contributed by atoms with Gasteiger partial charge in [0.2, 0.25) is 0 Å². The van der Waals surface area contributed by atoms with Gasteiger partial charge in [-0.05, 0) is 49.7 Å². The second-order valence-electron chi connectivity index (χ2n) is 8.99. The van der Waals surface area contributed by atoms with E-state index in [4.69, 9.17) is 11.1 Å². The predicted molar refractivity (Wildman–Crippen MR) is 119 cm³/mol. The average molecular weight is 454 g/mol. The van der Waals surface area contributed by atoms with Crippen LogP contribution in [0.25, 0.3) is 11.0 Å². The van der Waals surface area contributed by atoms with Crippen molar-refractivity contribution in [2.75, 3.05) is 11.1 Å². The van der Waals surface area contributed by atoms with E-state index in [-0.39, 0.29) is 40.7 Å². The Kier molecular flexibility index (Phi) is 5.02. The molecule has 2 heterocycles. The third-order valence-electron chi connectivity index (χ3n) is 7.12. The fourth-order valence-corrected chi connectivity index (χ4v) is 5.44. The molecule has 0 spiro atoms. The number of anilines is 2. The molecule has 33 heavy (non-hydrogen) atoms. The summed E-state index contributed by atoms with van der Waals surface area (Å²) >= 11 is 0. The summed E-state index contributed by atoms with van der Waals surface area (Å²) in [4.78, 5) is 21.0. The van der Waals surface area contributed by atoms with Crippen molar-refractivity contribution in [3.63, 3.8) is 0 Å². The van der Waals surface area contributed by atoms with Crippen LogP contribution >= 0.6 is 0 Å². The van der Waals surface area contributed by atoms with Gasteiger partial charge in [0.15, 0.2) is 5.82 Å². The van der Waals surface area contributed by atoms with E-state index in [9.17, 15) is 18.7 Å². The fraction of sp³-hybridized carbons (Fsp3) is 0.391. The van der Waals surface area contributed by atoms with Gasteiger partial charge in [0.25, 0.3) is 0 Å². The van der Waals surface area contributed by atoms with Gasteiger partial charge in [-0.3, -0.25) is 10.2 Å². The summed E-state index contributed by atoms with van der Waals surface area (Å²) in [6.07, 6.45) is 5.51. The first kappa shape index (κ1) is 21.3. The normalized spacial score (nSPS) is 24.2. The highest BCUT2D eigenvalue weighted by Crippen LogP contribution is 2.46. The summed E-state index contributed by atoms with van der Waals surface area (Å²) in [5.74, 6) is -2.50. The van der Waals surface area contributed by atoms with E-state index >= 15 is 0 Å². The summed E-state index contributed by atoms with van der Waals surface area (Å²) in [6, 6.07) is 3.15. The Balaban J connectivity index is 1.59. The fourth-order valence-electron chi connectivity index (χ4n) is 5.44. The number of hydrogen-bond acceptors (Lipinski definition) is 6. The van der Waals surface area contributed by atoms with Crippen molar-refractivity contribution >= 4 is 34.2 Å². The van der Waals surface area contributed by atoms with E-state index in [1.165, 1.54) is 0 Å². The zero-order chi connectivity index (χ0) is 23.4. The van der Waals surface area contributed by atoms with Gasteiger partial charge in [0.05, 0.1) is 17.0 Å². The number of benzene rings is 1. The second kappa shape index (κ2) is 7.79. The summed E-state index contributed by atoms with van der Waals surface area (Å²) in [5, 5.41) is 22.5. The molecule has 2 aromatic heterocycles. The van der Waals surface area contributed by atoms with Crippen LogP contribution < -0.4 is 11.1 Å². The molecule has 3 saturated carbocycles. The van der Waals surface area contributed by atoms with Crippen LogP contribution in [-0.4, -0.2) is 37.4 Å². The van der Waals surface area contributed by atoms with Gasteiger partial charge < -0.3 is 20.7 Å². The zero-order valence-electron chi connectivity index (χ0n) is 18.0. The number of aromatic nitrogens is 3. The molecule has 3 aromatic rings. The predicted octanol–water partition coefficient (Wildman–Crippen LogP) is 3.55. The molecule has 2 unspecified atom stereocenters. The van der Waals surface area contributed by atoms with Crippen LogP contribution in [0, 0.1) is 34.8 Å². The zero-order valence-corrected chi connectivity index (χ0v) is 18.0. The number of nitrogens with one attached hydrogen (secondary N) is 2. The Labute approximate surface area is 188 Å². The first-order valence-corrected chi connectivity index (χ1v) is 10.9. The maximum atomic E-state index is 14.0. The highest BCUT2D eigenvalue weighted by Gasteiger charge is 2.47. The number of halogens is 2. The van der Waals surface area contributed by atoms with Crippen molar-refractivity contribution in [2.45, 2.75) is 31.7 Å². The first-order chi connectivity index (χ1) is 15.7. The van der Waals surface area contributed by atoms with E-state index in [2.05, 4.69) is 15.3 Å². The van der Waals surface area contributed by atoms with Crippen LogP contribution in [0.5, 0.6) is 0 Å². The molecule has 2 bridgehead atoms.